The van der Waals surface area contributed by atoms with Crippen LogP contribution >= 0.6 is 0 Å². The molecule has 0 aliphatic carbocycles. The van der Waals surface area contributed by atoms with Gasteiger partial charge in [0.1, 0.15) is 22.8 Å². The highest BCUT2D eigenvalue weighted by molar-refractivity contribution is 6.08. The van der Waals surface area contributed by atoms with Crippen LogP contribution in [0, 0.1) is 0 Å². The fraction of sp³-hybridized carbons (Fsp3) is 0.370. The van der Waals surface area contributed by atoms with E-state index >= 15 is 0 Å². The molecule has 5 heterocycles. The Morgan fingerprint density at radius 3 is 2.69 bits per heavy atom. The topological polar surface area (TPSA) is 137 Å². The van der Waals surface area contributed by atoms with Gasteiger partial charge >= 0.3 is 6.03 Å². The molecule has 12 nitrogen and oxygen atoms in total. The average Bonchev–Trinajstić information content (AvgIpc) is 3.49. The number of ether oxygens (including phenoxy) is 1. The number of furan rings is 1. The monoisotopic (exact) mass is 532 g/mol. The fourth-order valence-electron chi connectivity index (χ4n) is 5.50. The van der Waals surface area contributed by atoms with Crippen molar-refractivity contribution in [3.63, 3.8) is 0 Å². The van der Waals surface area contributed by atoms with Gasteiger partial charge in [-0.05, 0) is 36.2 Å². The summed E-state index contributed by atoms with van der Waals surface area (Å²) >= 11 is 0. The molecule has 0 spiro atoms. The molecule has 0 bridgehead atoms. The minimum atomic E-state index is -1.62. The van der Waals surface area contributed by atoms with Crippen molar-refractivity contribution in [1.82, 2.24) is 25.4 Å². The van der Waals surface area contributed by atoms with Gasteiger partial charge in [-0.1, -0.05) is 6.07 Å². The highest BCUT2D eigenvalue weighted by Crippen LogP contribution is 2.35. The van der Waals surface area contributed by atoms with Gasteiger partial charge in [-0.25, -0.2) is 9.78 Å². The van der Waals surface area contributed by atoms with Crippen molar-refractivity contribution in [3.05, 3.63) is 53.3 Å². The zero-order valence-corrected chi connectivity index (χ0v) is 21.7. The van der Waals surface area contributed by atoms with Gasteiger partial charge in [0.25, 0.3) is 11.8 Å². The maximum absolute atomic E-state index is 13.3. The van der Waals surface area contributed by atoms with Gasteiger partial charge in [0, 0.05) is 51.3 Å². The number of fused-ring (bicyclic) bond motifs is 2. The summed E-state index contributed by atoms with van der Waals surface area (Å²) in [7, 11) is 1.53. The molecule has 3 aliphatic rings. The number of carbonyl (C=O) groups excluding carboxylic acids is 4. The summed E-state index contributed by atoms with van der Waals surface area (Å²) in [5.74, 6) is 0.655. The first-order chi connectivity index (χ1) is 18.8. The molecule has 3 aliphatic heterocycles. The van der Waals surface area contributed by atoms with Gasteiger partial charge in [0.15, 0.2) is 11.1 Å². The van der Waals surface area contributed by atoms with Crippen molar-refractivity contribution in [2.75, 3.05) is 44.7 Å². The summed E-state index contributed by atoms with van der Waals surface area (Å²) in [6, 6.07) is 9.85. The Morgan fingerprint density at radius 1 is 1.10 bits per heavy atom. The molecule has 2 aromatic heterocycles. The molecule has 6 rings (SSSR count). The second-order valence-electron chi connectivity index (χ2n) is 10.0. The zero-order valence-electron chi connectivity index (χ0n) is 21.7. The third-order valence-corrected chi connectivity index (χ3v) is 7.61. The summed E-state index contributed by atoms with van der Waals surface area (Å²) < 4.78 is 11.3. The Morgan fingerprint density at radius 2 is 1.95 bits per heavy atom. The third-order valence-electron chi connectivity index (χ3n) is 7.61. The van der Waals surface area contributed by atoms with Crippen molar-refractivity contribution in [3.8, 4) is 5.75 Å². The smallest absolute Gasteiger partial charge is 0.322 e. The van der Waals surface area contributed by atoms with Gasteiger partial charge in [-0.2, -0.15) is 0 Å². The number of nitrogens with zero attached hydrogens (tertiary/aromatic N) is 4. The summed E-state index contributed by atoms with van der Waals surface area (Å²) in [6.45, 7) is 4.43. The normalized spacial score (nSPS) is 21.2. The van der Waals surface area contributed by atoms with E-state index in [4.69, 9.17) is 14.1 Å². The molecule has 2 saturated heterocycles. The SMILES string of the molecule is COc1ccc2c(c1)C(=O)N(CC1(c3cc4nc(N5CCCN(C(C)=O)CC5)ccc4o3)NC(=O)NC1=O)C2. The number of aromatic nitrogens is 1. The first-order valence-corrected chi connectivity index (χ1v) is 12.8. The van der Waals surface area contributed by atoms with Crippen LogP contribution in [0.25, 0.3) is 11.1 Å². The number of methoxy groups -OCH3 is 1. The van der Waals surface area contributed by atoms with Crippen LogP contribution in [0.1, 0.15) is 35.0 Å². The Bertz CT molecular complexity index is 1520. The van der Waals surface area contributed by atoms with Crippen LogP contribution < -0.4 is 20.3 Å². The first-order valence-electron chi connectivity index (χ1n) is 12.8. The molecule has 202 valence electrons. The van der Waals surface area contributed by atoms with Crippen LogP contribution in [-0.4, -0.2) is 78.4 Å². The van der Waals surface area contributed by atoms with Crippen molar-refractivity contribution < 1.29 is 28.3 Å². The van der Waals surface area contributed by atoms with E-state index in [1.165, 1.54) is 12.0 Å². The average molecular weight is 533 g/mol. The molecule has 39 heavy (non-hydrogen) atoms. The van der Waals surface area contributed by atoms with Crippen LogP contribution in [-0.2, 0) is 21.7 Å². The molecule has 1 aromatic carbocycles. The lowest BCUT2D eigenvalue weighted by atomic mass is 9.95. The summed E-state index contributed by atoms with van der Waals surface area (Å²) in [6.07, 6.45) is 0.823. The van der Waals surface area contributed by atoms with Crippen LogP contribution in [0.4, 0.5) is 10.6 Å². The lowest BCUT2D eigenvalue weighted by Crippen LogP contribution is -2.52. The quantitative estimate of drug-likeness (QED) is 0.473. The molecule has 0 radical (unpaired) electrons. The standard InChI is InChI=1S/C27H28N6O6/c1-16(34)31-8-3-9-32(11-10-31)23-7-6-21-20(28-23)13-22(39-21)27(25(36)29-26(37)30-27)15-33-14-17-4-5-18(38-2)12-19(17)24(33)35/h4-7,12-13H,3,8-11,14-15H2,1-2H3,(H2,29,30,36,37). The number of urea groups is 1. The Labute approximate surface area is 223 Å². The minimum absolute atomic E-state index is 0.0561. The predicted molar refractivity (Wildman–Crippen MR) is 139 cm³/mol. The molecule has 2 fully saturated rings. The number of carbonyl (C=O) groups is 4. The van der Waals surface area contributed by atoms with E-state index in [0.717, 1.165) is 24.3 Å². The lowest BCUT2D eigenvalue weighted by molar-refractivity contribution is -0.128. The molecule has 12 heteroatoms. The highest BCUT2D eigenvalue weighted by Gasteiger charge is 2.53. The highest BCUT2D eigenvalue weighted by atomic mass is 16.5. The number of hydrogen-bond donors (Lipinski definition) is 2. The number of imide groups is 1. The maximum atomic E-state index is 13.3. The molecule has 0 saturated carbocycles. The summed E-state index contributed by atoms with van der Waals surface area (Å²) in [5, 5.41) is 5.00. The molecule has 3 aromatic rings. The number of rotatable bonds is 5. The largest absolute Gasteiger partial charge is 0.497 e. The molecule has 1 atom stereocenters. The predicted octanol–water partition coefficient (Wildman–Crippen LogP) is 1.59. The van der Waals surface area contributed by atoms with Gasteiger partial charge < -0.3 is 29.2 Å². The van der Waals surface area contributed by atoms with Crippen molar-refractivity contribution in [2.24, 2.45) is 0 Å². The van der Waals surface area contributed by atoms with Crippen LogP contribution in [0.3, 0.4) is 0 Å². The van der Waals surface area contributed by atoms with Gasteiger partial charge in [0.2, 0.25) is 5.91 Å². The summed E-state index contributed by atoms with van der Waals surface area (Å²) in [5.41, 5.74) is 0.639. The fourth-order valence-corrected chi connectivity index (χ4v) is 5.50. The van der Waals surface area contributed by atoms with E-state index in [-0.39, 0.29) is 30.7 Å². The molecule has 1 unspecified atom stereocenters. The summed E-state index contributed by atoms with van der Waals surface area (Å²) in [4.78, 5) is 60.8. The maximum Gasteiger partial charge on any atom is 0.322 e. The number of nitrogens with one attached hydrogen (secondary N) is 2. The number of hydrogen-bond acceptors (Lipinski definition) is 8. The lowest BCUT2D eigenvalue weighted by Gasteiger charge is -2.28. The van der Waals surface area contributed by atoms with Crippen LogP contribution in [0.15, 0.2) is 40.8 Å². The molecular formula is C27H28N6O6. The van der Waals surface area contributed by atoms with E-state index in [9.17, 15) is 19.2 Å². The second kappa shape index (κ2) is 9.29. The Balaban J connectivity index is 1.30. The van der Waals surface area contributed by atoms with Gasteiger partial charge in [0.05, 0.1) is 13.7 Å². The molecule has 2 N–H and O–H groups in total. The molecule has 5 amide bonds. The number of amides is 5. The van der Waals surface area contributed by atoms with E-state index in [1.807, 2.05) is 17.0 Å². The second-order valence-corrected chi connectivity index (χ2v) is 10.0. The van der Waals surface area contributed by atoms with Gasteiger partial charge in [-0.3, -0.25) is 19.7 Å². The third kappa shape index (κ3) is 4.21. The zero-order chi connectivity index (χ0) is 27.3. The minimum Gasteiger partial charge on any atom is -0.497 e. The van der Waals surface area contributed by atoms with E-state index < -0.39 is 17.5 Å². The number of pyridine rings is 1. The van der Waals surface area contributed by atoms with Crippen molar-refractivity contribution >= 4 is 40.7 Å². The van der Waals surface area contributed by atoms with Crippen LogP contribution in [0.2, 0.25) is 0 Å². The van der Waals surface area contributed by atoms with Crippen molar-refractivity contribution in [2.45, 2.75) is 25.4 Å². The number of benzene rings is 1. The van der Waals surface area contributed by atoms with Gasteiger partial charge in [-0.15, -0.1) is 0 Å². The van der Waals surface area contributed by atoms with E-state index in [1.54, 1.807) is 31.2 Å². The van der Waals surface area contributed by atoms with E-state index in [2.05, 4.69) is 15.5 Å². The first kappa shape index (κ1) is 24.7. The number of anilines is 1. The Hall–Kier alpha value is -4.61. The van der Waals surface area contributed by atoms with Crippen molar-refractivity contribution in [1.29, 1.82) is 0 Å². The Kier molecular flexibility index (Phi) is 5.89. The van der Waals surface area contributed by atoms with Crippen LogP contribution in [0.5, 0.6) is 5.75 Å². The molecular weight excluding hydrogens is 504 g/mol. The van der Waals surface area contributed by atoms with E-state index in [0.29, 0.717) is 42.0 Å².